The molecule has 0 aliphatic heterocycles. The van der Waals surface area contributed by atoms with Crippen LogP contribution in [-0.4, -0.2) is 132 Å². The fourth-order valence-corrected chi connectivity index (χ4v) is 3.63. The number of ether oxygens (including phenoxy) is 2. The molecule has 12 nitrogen and oxygen atoms in total. The molecule has 48 heavy (non-hydrogen) atoms. The van der Waals surface area contributed by atoms with Crippen LogP contribution < -0.4 is 14.6 Å². The SMILES string of the molecule is C.CCC(O)C(C)=O.COc1ccc(C(Cl)(c2ccccc2)c2ccc(OC)cc2)cc1.O=C(O)C(O)CO.O=C([O-])C(O)CO.[CH3-].[Ca+2]. The van der Waals surface area contributed by atoms with Crippen molar-refractivity contribution in [2.75, 3.05) is 27.4 Å². The van der Waals surface area contributed by atoms with Gasteiger partial charge in [0.15, 0.2) is 11.9 Å². The van der Waals surface area contributed by atoms with E-state index in [0.717, 1.165) is 28.2 Å². The third-order valence-corrected chi connectivity index (χ3v) is 6.56. The Labute approximate surface area is 317 Å². The molecule has 0 saturated heterocycles. The van der Waals surface area contributed by atoms with E-state index in [1.54, 1.807) is 21.1 Å². The molecule has 0 saturated carbocycles. The van der Waals surface area contributed by atoms with Gasteiger partial charge in [-0.25, -0.2) is 4.79 Å². The minimum Gasteiger partial charge on any atom is -0.547 e. The number of aliphatic hydroxyl groups excluding tert-OH is 5. The summed E-state index contributed by atoms with van der Waals surface area (Å²) in [7, 11) is 3.31. The topological polar surface area (TPSA) is 214 Å². The molecule has 0 amide bonds. The quantitative estimate of drug-likeness (QED) is 0.0724. The van der Waals surface area contributed by atoms with Crippen molar-refractivity contribution in [3.05, 3.63) is 103 Å². The Balaban J connectivity index is -0.000000335. The third kappa shape index (κ3) is 18.1. The van der Waals surface area contributed by atoms with Gasteiger partial charge in [0, 0.05) is 0 Å². The predicted molar refractivity (Wildman–Crippen MR) is 183 cm³/mol. The molecule has 3 atom stereocenters. The molecule has 14 heteroatoms. The fourth-order valence-electron chi connectivity index (χ4n) is 3.25. The number of Topliss-reactive ketones (excluding diaryl/α,β-unsaturated/α-hetero) is 1. The maximum Gasteiger partial charge on any atom is 2.00 e. The van der Waals surface area contributed by atoms with Gasteiger partial charge in [-0.1, -0.05) is 68.9 Å². The molecule has 0 spiro atoms. The number of carboxylic acids is 2. The minimum absolute atomic E-state index is 0. The largest absolute Gasteiger partial charge is 2.00 e. The Morgan fingerprint density at radius 2 is 1.10 bits per heavy atom. The summed E-state index contributed by atoms with van der Waals surface area (Å²) in [4.78, 5) is 28.3. The van der Waals surface area contributed by atoms with Gasteiger partial charge in [-0.2, -0.15) is 0 Å². The summed E-state index contributed by atoms with van der Waals surface area (Å²) in [6.07, 6.45) is -3.57. The van der Waals surface area contributed by atoms with Crippen LogP contribution in [0.4, 0.5) is 0 Å². The molecule has 6 N–H and O–H groups in total. The van der Waals surface area contributed by atoms with Crippen molar-refractivity contribution < 1.29 is 59.6 Å². The Kier molecular flexibility index (Phi) is 30.5. The molecule has 3 rings (SSSR count). The number of hydrogen-bond acceptors (Lipinski definition) is 11. The first kappa shape index (κ1) is 52.0. The molecular formula is C34H47CaClO12. The van der Waals surface area contributed by atoms with Crippen LogP contribution in [0.3, 0.4) is 0 Å². The second-order valence-electron chi connectivity index (χ2n) is 9.07. The van der Waals surface area contributed by atoms with Gasteiger partial charge in [-0.3, -0.25) is 4.79 Å². The van der Waals surface area contributed by atoms with E-state index in [1.807, 2.05) is 78.9 Å². The molecular weight excluding hydrogens is 676 g/mol. The molecule has 3 aromatic rings. The summed E-state index contributed by atoms with van der Waals surface area (Å²) in [6, 6.07) is 25.8. The number of alkyl halides is 1. The predicted octanol–water partition coefficient (Wildman–Crippen LogP) is 1.80. The van der Waals surface area contributed by atoms with Crippen molar-refractivity contribution in [3.8, 4) is 11.5 Å². The van der Waals surface area contributed by atoms with Crippen LogP contribution in [0.2, 0.25) is 0 Å². The first-order valence-electron chi connectivity index (χ1n) is 13.5. The van der Waals surface area contributed by atoms with E-state index < -0.39 is 48.3 Å². The second-order valence-corrected chi connectivity index (χ2v) is 9.64. The van der Waals surface area contributed by atoms with Gasteiger partial charge in [-0.15, -0.1) is 11.6 Å². The van der Waals surface area contributed by atoms with E-state index in [1.165, 1.54) is 6.92 Å². The van der Waals surface area contributed by atoms with Crippen molar-refractivity contribution in [1.29, 1.82) is 0 Å². The smallest absolute Gasteiger partial charge is 0.547 e. The van der Waals surface area contributed by atoms with Gasteiger partial charge in [0.05, 0.1) is 33.4 Å². The Hall–Kier alpha value is -2.78. The van der Waals surface area contributed by atoms with Gasteiger partial charge in [0.25, 0.3) is 0 Å². The van der Waals surface area contributed by atoms with Crippen LogP contribution >= 0.6 is 11.6 Å². The number of carbonyl (C=O) groups excluding carboxylic acids is 2. The summed E-state index contributed by atoms with van der Waals surface area (Å²) in [5.41, 5.74) is 2.99. The van der Waals surface area contributed by atoms with Crippen LogP contribution in [0.25, 0.3) is 0 Å². The van der Waals surface area contributed by atoms with Crippen molar-refractivity contribution in [1.82, 2.24) is 0 Å². The maximum atomic E-state index is 10.1. The summed E-state index contributed by atoms with van der Waals surface area (Å²) in [5, 5.41) is 57.6. The molecule has 0 bridgehead atoms. The maximum absolute atomic E-state index is 10.1. The zero-order valence-electron chi connectivity index (χ0n) is 27.1. The molecule has 3 unspecified atom stereocenters. The van der Waals surface area contributed by atoms with Crippen molar-refractivity contribution in [2.24, 2.45) is 0 Å². The summed E-state index contributed by atoms with van der Waals surface area (Å²) < 4.78 is 10.5. The molecule has 264 valence electrons. The molecule has 0 radical (unpaired) electrons. The number of aliphatic carboxylic acids is 2. The monoisotopic (exact) mass is 722 g/mol. The van der Waals surface area contributed by atoms with Gasteiger partial charge in [0.1, 0.15) is 28.6 Å². The van der Waals surface area contributed by atoms with Crippen LogP contribution in [0.5, 0.6) is 11.5 Å². The molecule has 0 aliphatic carbocycles. The van der Waals surface area contributed by atoms with Gasteiger partial charge in [-0.05, 0) is 54.3 Å². The van der Waals surface area contributed by atoms with Crippen molar-refractivity contribution in [2.45, 2.75) is 50.9 Å². The normalized spacial score (nSPS) is 11.5. The van der Waals surface area contributed by atoms with Crippen LogP contribution in [-0.2, 0) is 19.3 Å². The number of methoxy groups -OCH3 is 2. The number of carboxylic acid groups (broad SMARTS) is 2. The molecule has 3 aromatic carbocycles. The number of hydrogen-bond donors (Lipinski definition) is 6. The summed E-state index contributed by atoms with van der Waals surface area (Å²) in [5.74, 6) is -1.59. The first-order chi connectivity index (χ1) is 21.2. The number of carbonyl (C=O) groups is 3. The Bertz CT molecular complexity index is 1180. The first-order valence-corrected chi connectivity index (χ1v) is 13.8. The molecule has 0 heterocycles. The van der Waals surface area contributed by atoms with Crippen LogP contribution in [0.15, 0.2) is 78.9 Å². The number of rotatable bonds is 11. The Morgan fingerprint density at radius 1 is 0.750 bits per heavy atom. The summed E-state index contributed by atoms with van der Waals surface area (Å²) in [6.45, 7) is 1.64. The van der Waals surface area contributed by atoms with Gasteiger partial charge in [0.2, 0.25) is 0 Å². The van der Waals surface area contributed by atoms with Crippen LogP contribution in [0, 0.1) is 7.43 Å². The molecule has 0 aliphatic rings. The van der Waals surface area contributed by atoms with E-state index in [2.05, 4.69) is 0 Å². The third-order valence-electron chi connectivity index (χ3n) is 5.91. The average molecular weight is 723 g/mol. The van der Waals surface area contributed by atoms with E-state index in [4.69, 9.17) is 51.7 Å². The van der Waals surface area contributed by atoms with E-state index in [0.29, 0.717) is 6.42 Å². The van der Waals surface area contributed by atoms with E-state index >= 15 is 0 Å². The Morgan fingerprint density at radius 3 is 1.29 bits per heavy atom. The minimum atomic E-state index is -1.74. The van der Waals surface area contributed by atoms with E-state index in [9.17, 15) is 19.5 Å². The number of ketones is 1. The fraction of sp³-hybridized carbons (Fsp3) is 0.353. The van der Waals surface area contributed by atoms with Crippen molar-refractivity contribution in [3.63, 3.8) is 0 Å². The van der Waals surface area contributed by atoms with Gasteiger partial charge < -0.3 is 57.4 Å². The molecule has 0 fully saturated rings. The van der Waals surface area contributed by atoms with Crippen LogP contribution in [0.1, 0.15) is 44.4 Å². The average Bonchev–Trinajstić information content (AvgIpc) is 3.07. The number of halogens is 1. The standard InChI is InChI=1S/C21H19ClO2.C5H10O2.2C3H6O4.CH4.CH3.Ca/c1-23-19-12-8-17(9-13-19)21(22,16-6-4-3-5-7-16)18-10-14-20(24-2)15-11-18;1-3-5(7)4(2)6;2*4-1-2(5)3(6)7;;;/h3-15H,1-2H3;5,7H,3H2,1-2H3;2*2,4-5H,1H2,(H,6,7);1H4;1H3;/q;;;;;-1;+2/p-1. The number of aliphatic hydroxyl groups is 5. The second kappa shape index (κ2) is 28.1. The van der Waals surface area contributed by atoms with Crippen molar-refractivity contribution >= 4 is 67.1 Å². The molecule has 0 aromatic heterocycles. The van der Waals surface area contributed by atoms with Gasteiger partial charge >= 0.3 is 43.7 Å². The van der Waals surface area contributed by atoms with E-state index in [-0.39, 0.29) is 58.4 Å². The summed E-state index contributed by atoms with van der Waals surface area (Å²) >= 11 is 7.22. The zero-order valence-corrected chi connectivity index (χ0v) is 30.0. The number of benzene rings is 3. The zero-order chi connectivity index (χ0) is 34.6.